The molecule has 0 saturated heterocycles. The topological polar surface area (TPSA) is 26.3 Å². The molecule has 66 valence electrons. The standard InChI is InChI=1S/C8H8F2O2/c1-2-3-12-7(11)6-4-8(9,10)5-6/h1,6H,3-5H2. The van der Waals surface area contributed by atoms with Crippen LogP contribution in [0.25, 0.3) is 0 Å². The second-order valence-electron chi connectivity index (χ2n) is 2.77. The van der Waals surface area contributed by atoms with E-state index >= 15 is 0 Å². The van der Waals surface area contributed by atoms with E-state index in [4.69, 9.17) is 6.42 Å². The number of halogens is 2. The minimum atomic E-state index is -2.68. The number of terminal acetylenes is 1. The van der Waals surface area contributed by atoms with Crippen molar-refractivity contribution >= 4 is 5.97 Å². The lowest BCUT2D eigenvalue weighted by atomic mass is 9.81. The molecule has 0 N–H and O–H groups in total. The van der Waals surface area contributed by atoms with Crippen LogP contribution in [0.5, 0.6) is 0 Å². The van der Waals surface area contributed by atoms with Gasteiger partial charge in [-0.25, -0.2) is 8.78 Å². The largest absolute Gasteiger partial charge is 0.452 e. The lowest BCUT2D eigenvalue weighted by molar-refractivity contribution is -0.170. The molecular weight excluding hydrogens is 166 g/mol. The van der Waals surface area contributed by atoms with Crippen molar-refractivity contribution in [3.63, 3.8) is 0 Å². The van der Waals surface area contributed by atoms with Crippen molar-refractivity contribution in [2.45, 2.75) is 18.8 Å². The van der Waals surface area contributed by atoms with E-state index < -0.39 is 30.7 Å². The Kier molecular flexibility index (Phi) is 2.32. The van der Waals surface area contributed by atoms with Gasteiger partial charge in [-0.2, -0.15) is 0 Å². The summed E-state index contributed by atoms with van der Waals surface area (Å²) in [6, 6.07) is 0. The molecule has 2 nitrogen and oxygen atoms in total. The molecule has 0 heterocycles. The van der Waals surface area contributed by atoms with E-state index in [1.54, 1.807) is 0 Å². The Hall–Kier alpha value is -1.11. The Morgan fingerprint density at radius 3 is 2.67 bits per heavy atom. The monoisotopic (exact) mass is 174 g/mol. The number of alkyl halides is 2. The van der Waals surface area contributed by atoms with Crippen molar-refractivity contribution < 1.29 is 18.3 Å². The first-order valence-electron chi connectivity index (χ1n) is 3.53. The van der Waals surface area contributed by atoms with Gasteiger partial charge in [-0.05, 0) is 0 Å². The average Bonchev–Trinajstić information content (AvgIpc) is 1.95. The van der Waals surface area contributed by atoms with Gasteiger partial charge in [0.1, 0.15) is 0 Å². The summed E-state index contributed by atoms with van der Waals surface area (Å²) in [4.78, 5) is 10.8. The fourth-order valence-electron chi connectivity index (χ4n) is 1.06. The number of ether oxygens (including phenoxy) is 1. The molecule has 0 amide bonds. The summed E-state index contributed by atoms with van der Waals surface area (Å²) in [6.45, 7) is -0.138. The number of rotatable bonds is 2. The lowest BCUT2D eigenvalue weighted by Gasteiger charge is -2.32. The molecule has 1 saturated carbocycles. The number of hydrogen-bond acceptors (Lipinski definition) is 2. The van der Waals surface area contributed by atoms with Crippen LogP contribution in [0.1, 0.15) is 12.8 Å². The quantitative estimate of drug-likeness (QED) is 0.464. The van der Waals surface area contributed by atoms with Gasteiger partial charge < -0.3 is 4.74 Å². The first kappa shape index (κ1) is 8.98. The van der Waals surface area contributed by atoms with Crippen molar-refractivity contribution in [3.05, 3.63) is 0 Å². The summed E-state index contributed by atoms with van der Waals surface area (Å²) in [5, 5.41) is 0. The Morgan fingerprint density at radius 1 is 1.67 bits per heavy atom. The fourth-order valence-corrected chi connectivity index (χ4v) is 1.06. The molecule has 0 aromatic carbocycles. The second kappa shape index (κ2) is 3.10. The molecule has 0 radical (unpaired) electrons. The molecule has 0 atom stereocenters. The van der Waals surface area contributed by atoms with Crippen molar-refractivity contribution in [1.82, 2.24) is 0 Å². The van der Waals surface area contributed by atoms with E-state index in [0.29, 0.717) is 0 Å². The smallest absolute Gasteiger partial charge is 0.310 e. The third-order valence-electron chi connectivity index (χ3n) is 1.72. The molecule has 1 fully saturated rings. The number of carbonyl (C=O) groups excluding carboxylic acids is 1. The van der Waals surface area contributed by atoms with Crippen LogP contribution in [-0.2, 0) is 9.53 Å². The Morgan fingerprint density at radius 2 is 2.25 bits per heavy atom. The average molecular weight is 174 g/mol. The van der Waals surface area contributed by atoms with Crippen LogP contribution in [-0.4, -0.2) is 18.5 Å². The van der Waals surface area contributed by atoms with Gasteiger partial charge in [0.05, 0.1) is 5.92 Å². The zero-order valence-corrected chi connectivity index (χ0v) is 6.35. The third kappa shape index (κ3) is 1.94. The van der Waals surface area contributed by atoms with Gasteiger partial charge in [0.15, 0.2) is 6.61 Å². The van der Waals surface area contributed by atoms with E-state index in [2.05, 4.69) is 10.7 Å². The molecule has 0 aromatic heterocycles. The highest BCUT2D eigenvalue weighted by molar-refractivity contribution is 5.74. The fraction of sp³-hybridized carbons (Fsp3) is 0.625. The molecular formula is C8H8F2O2. The van der Waals surface area contributed by atoms with Gasteiger partial charge in [-0.15, -0.1) is 6.42 Å². The highest BCUT2D eigenvalue weighted by atomic mass is 19.3. The van der Waals surface area contributed by atoms with Crippen molar-refractivity contribution in [3.8, 4) is 12.3 Å². The summed E-state index contributed by atoms with van der Waals surface area (Å²) in [6.07, 6.45) is 4.00. The van der Waals surface area contributed by atoms with Crippen LogP contribution >= 0.6 is 0 Å². The number of carbonyl (C=O) groups is 1. The van der Waals surface area contributed by atoms with Crippen LogP contribution in [0.2, 0.25) is 0 Å². The van der Waals surface area contributed by atoms with E-state index in [9.17, 15) is 13.6 Å². The molecule has 0 spiro atoms. The molecule has 0 bridgehead atoms. The Balaban J connectivity index is 2.25. The van der Waals surface area contributed by atoms with Gasteiger partial charge in [0.2, 0.25) is 5.92 Å². The molecule has 12 heavy (non-hydrogen) atoms. The zero-order chi connectivity index (χ0) is 9.19. The Labute approximate surface area is 68.9 Å². The molecule has 4 heteroatoms. The molecule has 0 aromatic rings. The van der Waals surface area contributed by atoms with Crippen LogP contribution in [0.3, 0.4) is 0 Å². The van der Waals surface area contributed by atoms with Gasteiger partial charge in [0.25, 0.3) is 0 Å². The predicted octanol–water partition coefficient (Wildman–Crippen LogP) is 1.21. The first-order valence-corrected chi connectivity index (χ1v) is 3.53. The zero-order valence-electron chi connectivity index (χ0n) is 6.35. The van der Waals surface area contributed by atoms with E-state index in [1.165, 1.54) is 0 Å². The van der Waals surface area contributed by atoms with Crippen molar-refractivity contribution in [1.29, 1.82) is 0 Å². The van der Waals surface area contributed by atoms with E-state index in [-0.39, 0.29) is 6.61 Å². The van der Waals surface area contributed by atoms with Crippen molar-refractivity contribution in [2.24, 2.45) is 5.92 Å². The van der Waals surface area contributed by atoms with E-state index in [0.717, 1.165) is 0 Å². The molecule has 0 aliphatic heterocycles. The minimum Gasteiger partial charge on any atom is -0.452 e. The molecule has 1 aliphatic carbocycles. The maximum absolute atomic E-state index is 12.2. The third-order valence-corrected chi connectivity index (χ3v) is 1.72. The number of hydrogen-bond donors (Lipinski definition) is 0. The van der Waals surface area contributed by atoms with Crippen LogP contribution in [0, 0.1) is 18.3 Å². The molecule has 0 unspecified atom stereocenters. The van der Waals surface area contributed by atoms with E-state index in [1.807, 2.05) is 0 Å². The minimum absolute atomic E-state index is 0.138. The summed E-state index contributed by atoms with van der Waals surface area (Å²) >= 11 is 0. The van der Waals surface area contributed by atoms with Crippen molar-refractivity contribution in [2.75, 3.05) is 6.61 Å². The van der Waals surface area contributed by atoms with Gasteiger partial charge >= 0.3 is 5.97 Å². The SMILES string of the molecule is C#CCOC(=O)C1CC(F)(F)C1. The first-order chi connectivity index (χ1) is 5.55. The molecule has 1 rings (SSSR count). The van der Waals surface area contributed by atoms with Crippen LogP contribution in [0.15, 0.2) is 0 Å². The summed E-state index contributed by atoms with van der Waals surface area (Å²) < 4.78 is 28.9. The summed E-state index contributed by atoms with van der Waals surface area (Å²) in [7, 11) is 0. The highest BCUT2D eigenvalue weighted by Gasteiger charge is 2.49. The Bertz CT molecular complexity index is 222. The predicted molar refractivity (Wildman–Crippen MR) is 37.5 cm³/mol. The van der Waals surface area contributed by atoms with Crippen LogP contribution in [0.4, 0.5) is 8.78 Å². The van der Waals surface area contributed by atoms with Gasteiger partial charge in [0, 0.05) is 12.8 Å². The molecule has 1 aliphatic rings. The van der Waals surface area contributed by atoms with Gasteiger partial charge in [-0.3, -0.25) is 4.79 Å². The maximum atomic E-state index is 12.2. The number of esters is 1. The maximum Gasteiger partial charge on any atom is 0.310 e. The van der Waals surface area contributed by atoms with Crippen LogP contribution < -0.4 is 0 Å². The summed E-state index contributed by atoms with van der Waals surface area (Å²) in [5.41, 5.74) is 0. The lowest BCUT2D eigenvalue weighted by Crippen LogP contribution is -2.40. The normalized spacial score (nSPS) is 20.8. The highest BCUT2D eigenvalue weighted by Crippen LogP contribution is 2.42. The summed E-state index contributed by atoms with van der Waals surface area (Å²) in [5.74, 6) is -1.86. The van der Waals surface area contributed by atoms with Gasteiger partial charge in [-0.1, -0.05) is 5.92 Å². The second-order valence-corrected chi connectivity index (χ2v) is 2.77.